The van der Waals surface area contributed by atoms with Crippen molar-refractivity contribution in [2.75, 3.05) is 0 Å². The number of pyridine rings is 1. The number of nitrogens with one attached hydrogen (secondary N) is 1. The van der Waals surface area contributed by atoms with Crippen molar-refractivity contribution in [3.05, 3.63) is 97.4 Å². The summed E-state index contributed by atoms with van der Waals surface area (Å²) >= 11 is 3.32. The third kappa shape index (κ3) is 6.02. The summed E-state index contributed by atoms with van der Waals surface area (Å²) in [4.78, 5) is 12.9. The normalized spacial score (nSPS) is 11.2. The number of halogens is 3. The van der Waals surface area contributed by atoms with E-state index >= 15 is 0 Å². The first kappa shape index (κ1) is 23.2. The number of aryl methyl sites for hydroxylation is 1. The highest BCUT2D eigenvalue weighted by atomic mass is 79.9. The number of hydrogen-bond acceptors (Lipinski definition) is 3. The van der Waals surface area contributed by atoms with Gasteiger partial charge in [-0.05, 0) is 46.1 Å². The molecular weight excluding hydrogens is 466 g/mol. The molecule has 3 aromatic rings. The first-order valence-corrected chi connectivity index (χ1v) is 10.8. The Labute approximate surface area is 189 Å². The summed E-state index contributed by atoms with van der Waals surface area (Å²) in [5, 5.41) is 3.39. The molecule has 1 heterocycles. The zero-order valence-electron chi connectivity index (χ0n) is 17.7. The SMILES string of the molecule is Cc1cc(OCc2ccc(F)cc2F)c(Br)c(=O)n1Cc1cccc(CNC(C)C)c1. The molecule has 0 aliphatic heterocycles. The van der Waals surface area contributed by atoms with E-state index in [2.05, 4.69) is 47.2 Å². The summed E-state index contributed by atoms with van der Waals surface area (Å²) < 4.78 is 34.5. The second-order valence-electron chi connectivity index (χ2n) is 7.74. The van der Waals surface area contributed by atoms with Gasteiger partial charge >= 0.3 is 0 Å². The fourth-order valence-corrected chi connectivity index (χ4v) is 3.60. The van der Waals surface area contributed by atoms with E-state index in [-0.39, 0.29) is 22.2 Å². The van der Waals surface area contributed by atoms with Crippen LogP contribution in [0.15, 0.2) is 57.8 Å². The summed E-state index contributed by atoms with van der Waals surface area (Å²) in [5.74, 6) is -1.02. The van der Waals surface area contributed by atoms with Crippen LogP contribution in [0, 0.1) is 18.6 Å². The Morgan fingerprint density at radius 1 is 1.10 bits per heavy atom. The zero-order chi connectivity index (χ0) is 22.5. The molecule has 0 radical (unpaired) electrons. The van der Waals surface area contributed by atoms with E-state index in [1.807, 2.05) is 19.1 Å². The highest BCUT2D eigenvalue weighted by Gasteiger charge is 2.14. The molecule has 0 spiro atoms. The van der Waals surface area contributed by atoms with Crippen molar-refractivity contribution >= 4 is 15.9 Å². The molecule has 0 amide bonds. The quantitative estimate of drug-likeness (QED) is 0.464. The highest BCUT2D eigenvalue weighted by Crippen LogP contribution is 2.24. The third-order valence-electron chi connectivity index (χ3n) is 4.86. The fourth-order valence-electron chi connectivity index (χ4n) is 3.15. The number of nitrogens with zero attached hydrogens (tertiary/aromatic N) is 1. The third-order valence-corrected chi connectivity index (χ3v) is 5.59. The lowest BCUT2D eigenvalue weighted by Gasteiger charge is -2.15. The highest BCUT2D eigenvalue weighted by molar-refractivity contribution is 9.10. The molecule has 0 fully saturated rings. The van der Waals surface area contributed by atoms with Gasteiger partial charge in [-0.25, -0.2) is 8.78 Å². The number of ether oxygens (including phenoxy) is 1. The maximum absolute atomic E-state index is 13.8. The van der Waals surface area contributed by atoms with Crippen molar-refractivity contribution in [1.82, 2.24) is 9.88 Å². The zero-order valence-corrected chi connectivity index (χ0v) is 19.3. The van der Waals surface area contributed by atoms with Gasteiger partial charge in [-0.1, -0.05) is 38.1 Å². The van der Waals surface area contributed by atoms with Gasteiger partial charge in [0.15, 0.2) is 0 Å². The monoisotopic (exact) mass is 490 g/mol. The Bertz CT molecular complexity index is 1130. The van der Waals surface area contributed by atoms with E-state index in [1.165, 1.54) is 12.1 Å². The molecule has 0 atom stereocenters. The van der Waals surface area contributed by atoms with Crippen molar-refractivity contribution in [2.45, 2.75) is 46.5 Å². The molecule has 0 aliphatic rings. The minimum absolute atomic E-state index is 0.113. The van der Waals surface area contributed by atoms with Crippen molar-refractivity contribution in [3.8, 4) is 5.75 Å². The Balaban J connectivity index is 1.78. The lowest BCUT2D eigenvalue weighted by molar-refractivity contribution is 0.296. The first-order chi connectivity index (χ1) is 14.7. The summed E-state index contributed by atoms with van der Waals surface area (Å²) in [6.45, 7) is 7.08. The van der Waals surface area contributed by atoms with Crippen molar-refractivity contribution < 1.29 is 13.5 Å². The lowest BCUT2D eigenvalue weighted by atomic mass is 10.1. The standard InChI is InChI=1S/C24H25BrF2N2O2/c1-15(2)28-12-17-5-4-6-18(10-17)13-29-16(3)9-22(23(25)24(29)30)31-14-19-7-8-20(26)11-21(19)27/h4-11,15,28H,12-14H2,1-3H3. The van der Waals surface area contributed by atoms with Gasteiger partial charge in [0.2, 0.25) is 0 Å². The summed E-state index contributed by atoms with van der Waals surface area (Å²) in [6, 6.07) is 13.5. The van der Waals surface area contributed by atoms with Crippen LogP contribution in [-0.2, 0) is 19.7 Å². The van der Waals surface area contributed by atoms with Crippen LogP contribution in [-0.4, -0.2) is 10.6 Å². The molecule has 4 nitrogen and oxygen atoms in total. The molecule has 0 saturated carbocycles. The van der Waals surface area contributed by atoms with Crippen LogP contribution in [0.25, 0.3) is 0 Å². The lowest BCUT2D eigenvalue weighted by Crippen LogP contribution is -2.24. The van der Waals surface area contributed by atoms with Gasteiger partial charge in [0.25, 0.3) is 5.56 Å². The van der Waals surface area contributed by atoms with Gasteiger partial charge in [-0.2, -0.15) is 0 Å². The summed E-state index contributed by atoms with van der Waals surface area (Å²) in [5.41, 5.74) is 2.86. The minimum Gasteiger partial charge on any atom is -0.487 e. The number of benzene rings is 2. The van der Waals surface area contributed by atoms with Crippen LogP contribution in [0.5, 0.6) is 5.75 Å². The average molecular weight is 491 g/mol. The largest absolute Gasteiger partial charge is 0.487 e. The van der Waals surface area contributed by atoms with E-state index in [0.29, 0.717) is 24.0 Å². The molecule has 7 heteroatoms. The summed E-state index contributed by atoms with van der Waals surface area (Å²) in [7, 11) is 0. The predicted molar refractivity (Wildman–Crippen MR) is 121 cm³/mol. The Kier molecular flexibility index (Phi) is 7.62. The Morgan fingerprint density at radius 2 is 1.84 bits per heavy atom. The molecule has 1 aromatic heterocycles. The van der Waals surface area contributed by atoms with Crippen LogP contribution < -0.4 is 15.6 Å². The number of rotatable bonds is 8. The molecule has 31 heavy (non-hydrogen) atoms. The number of aromatic nitrogens is 1. The first-order valence-electron chi connectivity index (χ1n) is 10.0. The maximum Gasteiger partial charge on any atom is 0.269 e. The van der Waals surface area contributed by atoms with Gasteiger partial charge < -0.3 is 14.6 Å². The van der Waals surface area contributed by atoms with Crippen molar-refractivity contribution in [3.63, 3.8) is 0 Å². The van der Waals surface area contributed by atoms with Gasteiger partial charge in [0, 0.05) is 36.0 Å². The van der Waals surface area contributed by atoms with E-state index in [9.17, 15) is 13.6 Å². The van der Waals surface area contributed by atoms with Crippen LogP contribution in [0.2, 0.25) is 0 Å². The molecule has 3 rings (SSSR count). The predicted octanol–water partition coefficient (Wildman–Crippen LogP) is 5.32. The van der Waals surface area contributed by atoms with Crippen LogP contribution >= 0.6 is 15.9 Å². The molecule has 2 aromatic carbocycles. The fraction of sp³-hybridized carbons (Fsp3) is 0.292. The van der Waals surface area contributed by atoms with Gasteiger partial charge in [-0.3, -0.25) is 4.79 Å². The van der Waals surface area contributed by atoms with Crippen LogP contribution in [0.3, 0.4) is 0 Å². The van der Waals surface area contributed by atoms with Gasteiger partial charge in [0.1, 0.15) is 28.5 Å². The second-order valence-corrected chi connectivity index (χ2v) is 8.53. The topological polar surface area (TPSA) is 43.3 Å². The van der Waals surface area contributed by atoms with Crippen LogP contribution in [0.4, 0.5) is 8.78 Å². The van der Waals surface area contributed by atoms with Crippen LogP contribution in [0.1, 0.15) is 36.2 Å². The van der Waals surface area contributed by atoms with E-state index < -0.39 is 11.6 Å². The van der Waals surface area contributed by atoms with Crippen molar-refractivity contribution in [2.24, 2.45) is 0 Å². The smallest absolute Gasteiger partial charge is 0.269 e. The van der Waals surface area contributed by atoms with E-state index in [1.54, 1.807) is 10.6 Å². The minimum atomic E-state index is -0.687. The molecule has 164 valence electrons. The molecule has 1 N–H and O–H groups in total. The molecular formula is C24H25BrF2N2O2. The Hall–Kier alpha value is -2.51. The van der Waals surface area contributed by atoms with E-state index in [4.69, 9.17) is 4.74 Å². The number of hydrogen-bond donors (Lipinski definition) is 1. The maximum atomic E-state index is 13.8. The summed E-state index contributed by atoms with van der Waals surface area (Å²) in [6.07, 6.45) is 0. The molecule has 0 unspecified atom stereocenters. The van der Waals surface area contributed by atoms with E-state index in [0.717, 1.165) is 23.7 Å². The second kappa shape index (κ2) is 10.2. The van der Waals surface area contributed by atoms with Gasteiger partial charge in [-0.15, -0.1) is 0 Å². The molecule has 0 saturated heterocycles. The van der Waals surface area contributed by atoms with Gasteiger partial charge in [0.05, 0.1) is 6.54 Å². The molecule has 0 bridgehead atoms. The Morgan fingerprint density at radius 3 is 2.55 bits per heavy atom. The average Bonchev–Trinajstić information content (AvgIpc) is 2.72. The molecule has 0 aliphatic carbocycles. The van der Waals surface area contributed by atoms with Crippen molar-refractivity contribution in [1.29, 1.82) is 0 Å².